The maximum atomic E-state index is 14.6. The predicted molar refractivity (Wildman–Crippen MR) is 112 cm³/mol. The Labute approximate surface area is 182 Å². The third-order valence-corrected chi connectivity index (χ3v) is 7.22. The van der Waals surface area contributed by atoms with Gasteiger partial charge in [0.15, 0.2) is 5.43 Å². The smallest absolute Gasteiger partial charge is 0.268 e. The summed E-state index contributed by atoms with van der Waals surface area (Å²) in [5.41, 5.74) is 5.34. The first-order chi connectivity index (χ1) is 15.0. The van der Waals surface area contributed by atoms with Gasteiger partial charge in [0.1, 0.15) is 5.69 Å². The van der Waals surface area contributed by atoms with Crippen LogP contribution in [0.1, 0.15) is 74.0 Å². The third-order valence-electron chi connectivity index (χ3n) is 7.22. The van der Waals surface area contributed by atoms with Crippen molar-refractivity contribution in [3.63, 3.8) is 0 Å². The van der Waals surface area contributed by atoms with Crippen LogP contribution in [0.2, 0.25) is 0 Å². The molecule has 4 rings (SSSR count). The molecule has 0 spiro atoms. The van der Waals surface area contributed by atoms with E-state index in [1.165, 1.54) is 18.3 Å². The van der Waals surface area contributed by atoms with Gasteiger partial charge in [0, 0.05) is 49.6 Å². The molecule has 2 heterocycles. The molecule has 3 atom stereocenters. The molecule has 2 saturated carbocycles. The summed E-state index contributed by atoms with van der Waals surface area (Å²) in [4.78, 5) is 31.4. The first-order valence-corrected chi connectivity index (χ1v) is 11.0. The number of carbonyl (C=O) groups is 1. The normalized spacial score (nSPS) is 28.0. The van der Waals surface area contributed by atoms with Gasteiger partial charge in [0.25, 0.3) is 5.91 Å². The first-order valence-electron chi connectivity index (χ1n) is 11.0. The first kappa shape index (κ1) is 22.7. The van der Waals surface area contributed by atoms with Crippen molar-refractivity contribution in [1.82, 2.24) is 9.97 Å². The molecule has 174 valence electrons. The van der Waals surface area contributed by atoms with E-state index >= 15 is 0 Å². The molecule has 0 aliphatic heterocycles. The summed E-state index contributed by atoms with van der Waals surface area (Å²) in [5.74, 6) is -7.45. The molecule has 0 aromatic carbocycles. The Morgan fingerprint density at radius 2 is 1.88 bits per heavy atom. The lowest BCUT2D eigenvalue weighted by atomic mass is 9.65. The van der Waals surface area contributed by atoms with Crippen molar-refractivity contribution in [2.24, 2.45) is 23.5 Å². The average Bonchev–Trinajstić information content (AvgIpc) is 2.70. The molecule has 0 bridgehead atoms. The third kappa shape index (κ3) is 4.52. The van der Waals surface area contributed by atoms with Gasteiger partial charge in [-0.1, -0.05) is 6.92 Å². The molecule has 5 nitrogen and oxygen atoms in total. The molecule has 32 heavy (non-hydrogen) atoms. The predicted octanol–water partition coefficient (Wildman–Crippen LogP) is 5.00. The van der Waals surface area contributed by atoms with Crippen molar-refractivity contribution in [2.75, 3.05) is 0 Å². The molecule has 9 heteroatoms. The van der Waals surface area contributed by atoms with Crippen LogP contribution in [0.5, 0.6) is 0 Å². The van der Waals surface area contributed by atoms with E-state index in [9.17, 15) is 27.2 Å². The van der Waals surface area contributed by atoms with Crippen molar-refractivity contribution >= 4 is 16.8 Å². The number of aromatic amines is 1. The second-order valence-corrected chi connectivity index (χ2v) is 9.58. The summed E-state index contributed by atoms with van der Waals surface area (Å²) >= 11 is 0. The minimum Gasteiger partial charge on any atom is -0.364 e. The second kappa shape index (κ2) is 8.15. The van der Waals surface area contributed by atoms with E-state index < -0.39 is 35.5 Å². The highest BCUT2D eigenvalue weighted by Gasteiger charge is 2.47. The number of alkyl halides is 4. The standard InChI is InChI=1S/C23H27F4N3O2/c1-12-10-23(26,27)11-15(14(12)8-13-2-5-22(24,25)6-3-13)17-9-18(31)19-16(30-17)4-7-29-20(19)21(28)32/h4,7,9,12-15H,2-3,5-6,8,10-11H2,1H3,(H2,28,32)(H,30,31)/t12?,14-,15-/m0/s1. The Morgan fingerprint density at radius 1 is 1.19 bits per heavy atom. The van der Waals surface area contributed by atoms with E-state index in [1.54, 1.807) is 6.92 Å². The van der Waals surface area contributed by atoms with Crippen LogP contribution in [-0.2, 0) is 0 Å². The lowest BCUT2D eigenvalue weighted by molar-refractivity contribution is -0.0845. The number of hydrogen-bond donors (Lipinski definition) is 2. The van der Waals surface area contributed by atoms with Crippen LogP contribution in [0.15, 0.2) is 23.1 Å². The quantitative estimate of drug-likeness (QED) is 0.639. The molecule has 2 aromatic rings. The van der Waals surface area contributed by atoms with Gasteiger partial charge in [-0.25, -0.2) is 17.6 Å². The Hall–Kier alpha value is -2.45. The van der Waals surface area contributed by atoms with Crippen molar-refractivity contribution in [3.8, 4) is 0 Å². The van der Waals surface area contributed by atoms with Crippen LogP contribution >= 0.6 is 0 Å². The molecule has 2 aliphatic rings. The minimum atomic E-state index is -2.89. The lowest BCUT2D eigenvalue weighted by Crippen LogP contribution is -2.39. The molecule has 2 fully saturated rings. The molecule has 1 amide bonds. The van der Waals surface area contributed by atoms with E-state index in [4.69, 9.17) is 5.73 Å². The zero-order valence-corrected chi connectivity index (χ0v) is 17.8. The SMILES string of the molecule is CC1CC(F)(F)C[C@H](c2cc(=O)c3c(C(N)=O)nccc3[nH]2)[C@H]1CC1CCC(F)(F)CC1. The number of H-pyrrole nitrogens is 1. The molecule has 0 radical (unpaired) electrons. The van der Waals surface area contributed by atoms with E-state index in [-0.39, 0.29) is 48.1 Å². The Kier molecular flexibility index (Phi) is 5.79. The summed E-state index contributed by atoms with van der Waals surface area (Å²) in [5, 5.41) is 0.0328. The number of aromatic nitrogens is 2. The molecule has 2 aliphatic carbocycles. The van der Waals surface area contributed by atoms with Gasteiger partial charge < -0.3 is 10.7 Å². The number of halogens is 4. The van der Waals surface area contributed by atoms with Crippen molar-refractivity contribution in [1.29, 1.82) is 0 Å². The Morgan fingerprint density at radius 3 is 2.53 bits per heavy atom. The number of amides is 1. The highest BCUT2D eigenvalue weighted by molar-refractivity contribution is 6.03. The fourth-order valence-corrected chi connectivity index (χ4v) is 5.64. The van der Waals surface area contributed by atoms with Gasteiger partial charge in [0.2, 0.25) is 11.8 Å². The van der Waals surface area contributed by atoms with E-state index in [0.717, 1.165) is 0 Å². The van der Waals surface area contributed by atoms with Gasteiger partial charge in [-0.2, -0.15) is 0 Å². The fraction of sp³-hybridized carbons (Fsp3) is 0.609. The maximum Gasteiger partial charge on any atom is 0.268 e. The summed E-state index contributed by atoms with van der Waals surface area (Å²) in [7, 11) is 0. The molecular weight excluding hydrogens is 426 g/mol. The number of nitrogens with zero attached hydrogens (tertiary/aromatic N) is 1. The number of carbonyl (C=O) groups excluding carboxylic acids is 1. The van der Waals surface area contributed by atoms with Crippen LogP contribution in [0, 0.1) is 17.8 Å². The minimum absolute atomic E-state index is 0.0328. The Bertz CT molecular complexity index is 1070. The summed E-state index contributed by atoms with van der Waals surface area (Å²) < 4.78 is 56.3. The van der Waals surface area contributed by atoms with Crippen molar-refractivity contribution in [3.05, 3.63) is 39.9 Å². The number of rotatable bonds is 4. The highest BCUT2D eigenvalue weighted by Crippen LogP contribution is 2.51. The van der Waals surface area contributed by atoms with Gasteiger partial charge in [-0.3, -0.25) is 14.6 Å². The monoisotopic (exact) mass is 453 g/mol. The number of nitrogens with two attached hydrogens (primary N) is 1. The molecule has 1 unspecified atom stereocenters. The number of primary amides is 1. The van der Waals surface area contributed by atoms with Crippen molar-refractivity contribution in [2.45, 2.75) is 69.6 Å². The fourth-order valence-electron chi connectivity index (χ4n) is 5.64. The summed E-state index contributed by atoms with van der Waals surface area (Å²) in [6.07, 6.45) is 1.64. The van der Waals surface area contributed by atoms with E-state index in [0.29, 0.717) is 30.5 Å². The van der Waals surface area contributed by atoms with Gasteiger partial charge >= 0.3 is 0 Å². The second-order valence-electron chi connectivity index (χ2n) is 9.58. The molecule has 2 aromatic heterocycles. The number of fused-ring (bicyclic) bond motifs is 1. The van der Waals surface area contributed by atoms with Crippen LogP contribution in [0.4, 0.5) is 17.6 Å². The van der Waals surface area contributed by atoms with Gasteiger partial charge in [0.05, 0.1) is 10.9 Å². The number of hydrogen-bond acceptors (Lipinski definition) is 3. The summed E-state index contributed by atoms with van der Waals surface area (Å²) in [6, 6.07) is 2.77. The molecular formula is C23H27F4N3O2. The largest absolute Gasteiger partial charge is 0.364 e. The van der Waals surface area contributed by atoms with E-state index in [1.807, 2.05) is 0 Å². The van der Waals surface area contributed by atoms with Crippen LogP contribution in [0.25, 0.3) is 10.9 Å². The topological polar surface area (TPSA) is 88.8 Å². The highest BCUT2D eigenvalue weighted by atomic mass is 19.3. The van der Waals surface area contributed by atoms with Crippen molar-refractivity contribution < 1.29 is 22.4 Å². The number of nitrogens with one attached hydrogen (secondary N) is 1. The van der Waals surface area contributed by atoms with Gasteiger partial charge in [-0.15, -0.1) is 0 Å². The van der Waals surface area contributed by atoms with Crippen LogP contribution in [0.3, 0.4) is 0 Å². The lowest BCUT2D eigenvalue weighted by Gasteiger charge is -2.43. The van der Waals surface area contributed by atoms with Gasteiger partial charge in [-0.05, 0) is 43.1 Å². The number of pyridine rings is 2. The van der Waals surface area contributed by atoms with E-state index in [2.05, 4.69) is 9.97 Å². The zero-order valence-electron chi connectivity index (χ0n) is 17.8. The maximum absolute atomic E-state index is 14.6. The van der Waals surface area contributed by atoms with Crippen LogP contribution in [-0.4, -0.2) is 27.7 Å². The molecule has 3 N–H and O–H groups in total. The Balaban J connectivity index is 1.70. The summed E-state index contributed by atoms with van der Waals surface area (Å²) in [6.45, 7) is 1.77. The zero-order chi connectivity index (χ0) is 23.3. The average molecular weight is 453 g/mol. The van der Waals surface area contributed by atoms with Crippen LogP contribution < -0.4 is 11.2 Å². The molecule has 0 saturated heterocycles.